The van der Waals surface area contributed by atoms with Crippen LogP contribution in [0.1, 0.15) is 27.2 Å². The number of ketones is 1. The van der Waals surface area contributed by atoms with Crippen LogP contribution in [-0.4, -0.2) is 18.4 Å². The van der Waals surface area contributed by atoms with Gasteiger partial charge in [-0.1, -0.05) is 13.8 Å². The summed E-state index contributed by atoms with van der Waals surface area (Å²) in [7, 11) is 0. The minimum atomic E-state index is 0.125. The lowest BCUT2D eigenvalue weighted by molar-refractivity contribution is -0.118. The smallest absolute Gasteiger partial charge is 0.150 e. The summed E-state index contributed by atoms with van der Waals surface area (Å²) in [5.74, 6) is 0.347. The second-order valence-electron chi connectivity index (χ2n) is 1.89. The molecule has 2 nitrogen and oxygen atoms in total. The van der Waals surface area contributed by atoms with Crippen molar-refractivity contribution in [2.75, 3.05) is 6.54 Å². The van der Waals surface area contributed by atoms with Crippen LogP contribution in [0.5, 0.6) is 0 Å². The van der Waals surface area contributed by atoms with Crippen molar-refractivity contribution >= 4 is 5.78 Å². The van der Waals surface area contributed by atoms with Crippen molar-refractivity contribution in [1.29, 1.82) is 0 Å². The lowest BCUT2D eigenvalue weighted by atomic mass is 10.2. The van der Waals surface area contributed by atoms with E-state index in [1.807, 2.05) is 20.8 Å². The van der Waals surface area contributed by atoms with Gasteiger partial charge in [0.2, 0.25) is 0 Å². The van der Waals surface area contributed by atoms with E-state index in [4.69, 9.17) is 0 Å². The molecule has 1 rings (SSSR count). The van der Waals surface area contributed by atoms with Gasteiger partial charge < -0.3 is 5.32 Å². The largest absolute Gasteiger partial charge is 0.307 e. The molecule has 1 heterocycles. The molecule has 1 N–H and O–H groups in total. The zero-order valence-corrected chi connectivity index (χ0v) is 6.40. The Hall–Kier alpha value is -0.370. The highest BCUT2D eigenvalue weighted by Gasteiger charge is 2.17. The minimum absolute atomic E-state index is 0.125. The molecule has 1 unspecified atom stereocenters. The Kier molecular flexibility index (Phi) is 4.32. The van der Waals surface area contributed by atoms with E-state index in [-0.39, 0.29) is 6.04 Å². The van der Waals surface area contributed by atoms with Crippen molar-refractivity contribution in [3.05, 3.63) is 0 Å². The van der Waals surface area contributed by atoms with Gasteiger partial charge in [-0.05, 0) is 6.92 Å². The molecule has 2 heteroatoms. The molecule has 0 aromatic carbocycles. The molecule has 1 aliphatic rings. The summed E-state index contributed by atoms with van der Waals surface area (Å²) in [6, 6.07) is 0.125. The van der Waals surface area contributed by atoms with Crippen LogP contribution in [0.2, 0.25) is 0 Å². The van der Waals surface area contributed by atoms with Crippen molar-refractivity contribution in [2.45, 2.75) is 33.2 Å². The average Bonchev–Trinajstić information content (AvgIpc) is 2.23. The third-order valence-electron chi connectivity index (χ3n) is 1.30. The summed E-state index contributed by atoms with van der Waals surface area (Å²) >= 11 is 0. The van der Waals surface area contributed by atoms with Gasteiger partial charge >= 0.3 is 0 Å². The van der Waals surface area contributed by atoms with Gasteiger partial charge in [0.1, 0.15) is 0 Å². The molecule has 0 spiro atoms. The molecule has 54 valence electrons. The summed E-state index contributed by atoms with van der Waals surface area (Å²) < 4.78 is 0. The molecule has 0 amide bonds. The second kappa shape index (κ2) is 4.50. The first kappa shape index (κ1) is 8.63. The molecule has 0 radical (unpaired) electrons. The van der Waals surface area contributed by atoms with Crippen molar-refractivity contribution in [3.63, 3.8) is 0 Å². The van der Waals surface area contributed by atoms with Crippen molar-refractivity contribution < 1.29 is 4.79 Å². The second-order valence-corrected chi connectivity index (χ2v) is 1.89. The van der Waals surface area contributed by atoms with E-state index in [1.54, 1.807) is 0 Å². The number of nitrogens with one attached hydrogen (secondary N) is 1. The van der Waals surface area contributed by atoms with Crippen LogP contribution in [0.15, 0.2) is 0 Å². The number of rotatable bonds is 0. The molecular formula is C7H15NO. The van der Waals surface area contributed by atoms with E-state index in [9.17, 15) is 4.79 Å². The van der Waals surface area contributed by atoms with Crippen LogP contribution in [0.4, 0.5) is 0 Å². The van der Waals surface area contributed by atoms with Crippen LogP contribution in [0.25, 0.3) is 0 Å². The average molecular weight is 129 g/mol. The molecule has 0 bridgehead atoms. The van der Waals surface area contributed by atoms with Gasteiger partial charge in [0.15, 0.2) is 5.78 Å². The van der Waals surface area contributed by atoms with E-state index in [0.29, 0.717) is 5.78 Å². The van der Waals surface area contributed by atoms with Gasteiger partial charge in [-0.3, -0.25) is 4.79 Å². The SMILES string of the molecule is CC.CC1NCCC1=O. The van der Waals surface area contributed by atoms with Crippen molar-refractivity contribution in [3.8, 4) is 0 Å². The third kappa shape index (κ3) is 2.61. The van der Waals surface area contributed by atoms with Crippen LogP contribution < -0.4 is 5.32 Å². The Balaban J connectivity index is 0.000000291. The Morgan fingerprint density at radius 1 is 1.56 bits per heavy atom. The summed E-state index contributed by atoms with van der Waals surface area (Å²) in [6.45, 7) is 6.77. The van der Waals surface area contributed by atoms with E-state index >= 15 is 0 Å². The quantitative estimate of drug-likeness (QED) is 0.528. The Morgan fingerprint density at radius 2 is 2.11 bits per heavy atom. The van der Waals surface area contributed by atoms with Gasteiger partial charge in [-0.2, -0.15) is 0 Å². The molecular weight excluding hydrogens is 114 g/mol. The molecule has 1 fully saturated rings. The molecule has 0 aliphatic carbocycles. The fourth-order valence-corrected chi connectivity index (χ4v) is 0.742. The zero-order chi connectivity index (χ0) is 7.28. The van der Waals surface area contributed by atoms with Crippen molar-refractivity contribution in [2.24, 2.45) is 0 Å². The fraction of sp³-hybridized carbons (Fsp3) is 0.857. The van der Waals surface area contributed by atoms with Crippen LogP contribution >= 0.6 is 0 Å². The Bertz CT molecular complexity index is 90.9. The summed E-state index contributed by atoms with van der Waals surface area (Å²) in [4.78, 5) is 10.5. The maximum absolute atomic E-state index is 10.5. The van der Waals surface area contributed by atoms with Crippen LogP contribution in [0.3, 0.4) is 0 Å². The van der Waals surface area contributed by atoms with E-state index in [2.05, 4.69) is 5.32 Å². The van der Waals surface area contributed by atoms with Gasteiger partial charge in [0.25, 0.3) is 0 Å². The maximum atomic E-state index is 10.5. The Morgan fingerprint density at radius 3 is 2.22 bits per heavy atom. The van der Waals surface area contributed by atoms with Gasteiger partial charge in [0.05, 0.1) is 6.04 Å². The highest BCUT2D eigenvalue weighted by Crippen LogP contribution is 1.96. The molecule has 9 heavy (non-hydrogen) atoms. The molecule has 1 saturated heterocycles. The summed E-state index contributed by atoms with van der Waals surface area (Å²) in [5.41, 5.74) is 0. The topological polar surface area (TPSA) is 29.1 Å². The highest BCUT2D eigenvalue weighted by molar-refractivity contribution is 5.85. The van der Waals surface area contributed by atoms with Gasteiger partial charge in [-0.25, -0.2) is 0 Å². The first-order valence-corrected chi connectivity index (χ1v) is 3.57. The number of carbonyl (C=O) groups is 1. The number of hydrogen-bond donors (Lipinski definition) is 1. The first-order chi connectivity index (χ1) is 4.30. The standard InChI is InChI=1S/C5H9NO.C2H6/c1-4-5(7)2-3-6-4;1-2/h4,6H,2-3H2,1H3;1-2H3. The number of Topliss-reactive ketones (excluding diaryl/α,β-unsaturated/α-hetero) is 1. The van der Waals surface area contributed by atoms with Crippen LogP contribution in [0, 0.1) is 0 Å². The van der Waals surface area contributed by atoms with Crippen LogP contribution in [-0.2, 0) is 4.79 Å². The highest BCUT2D eigenvalue weighted by atomic mass is 16.1. The predicted octanol–water partition coefficient (Wildman–Crippen LogP) is 0.964. The minimum Gasteiger partial charge on any atom is -0.307 e. The van der Waals surface area contributed by atoms with Crippen molar-refractivity contribution in [1.82, 2.24) is 5.32 Å². The lowest BCUT2D eigenvalue weighted by Crippen LogP contribution is -2.22. The molecule has 0 aromatic rings. The zero-order valence-electron chi connectivity index (χ0n) is 6.40. The normalized spacial score (nSPS) is 25.2. The van der Waals surface area contributed by atoms with E-state index < -0.39 is 0 Å². The first-order valence-electron chi connectivity index (χ1n) is 3.57. The molecule has 0 aromatic heterocycles. The number of carbonyl (C=O) groups excluding carboxylic acids is 1. The van der Waals surface area contributed by atoms with E-state index in [1.165, 1.54) is 0 Å². The number of hydrogen-bond acceptors (Lipinski definition) is 2. The third-order valence-corrected chi connectivity index (χ3v) is 1.30. The maximum Gasteiger partial charge on any atom is 0.150 e. The monoisotopic (exact) mass is 129 g/mol. The summed E-state index contributed by atoms with van der Waals surface area (Å²) in [6.07, 6.45) is 0.723. The molecule has 1 aliphatic heterocycles. The lowest BCUT2D eigenvalue weighted by Gasteiger charge is -1.94. The van der Waals surface area contributed by atoms with Gasteiger partial charge in [-0.15, -0.1) is 0 Å². The fourth-order valence-electron chi connectivity index (χ4n) is 0.742. The Labute approximate surface area is 56.6 Å². The summed E-state index contributed by atoms with van der Waals surface area (Å²) in [5, 5.41) is 3.02. The predicted molar refractivity (Wildman–Crippen MR) is 38.4 cm³/mol. The molecule has 1 atom stereocenters. The molecule has 0 saturated carbocycles. The van der Waals surface area contributed by atoms with Gasteiger partial charge in [0, 0.05) is 13.0 Å². The van der Waals surface area contributed by atoms with E-state index in [0.717, 1.165) is 13.0 Å².